The zero-order valence-electron chi connectivity index (χ0n) is 7.79. The molecule has 0 fully saturated rings. The Morgan fingerprint density at radius 1 is 1.42 bits per heavy atom. The standard InChI is InChI=1S/C9H18O3/c1-7(2)5-8(11)3-4-9(12)6-10/h7,9-10,12H,3-6H2,1-2H3. The molecule has 0 radical (unpaired) electrons. The molecule has 0 heterocycles. The van der Waals surface area contributed by atoms with Crippen molar-refractivity contribution < 1.29 is 15.0 Å². The van der Waals surface area contributed by atoms with Gasteiger partial charge >= 0.3 is 0 Å². The molecule has 0 saturated carbocycles. The third-order valence-corrected chi connectivity index (χ3v) is 1.60. The van der Waals surface area contributed by atoms with Gasteiger partial charge in [-0.3, -0.25) is 4.79 Å². The monoisotopic (exact) mass is 174 g/mol. The Morgan fingerprint density at radius 2 is 2.00 bits per heavy atom. The molecule has 3 nitrogen and oxygen atoms in total. The molecule has 2 N–H and O–H groups in total. The molecule has 0 spiro atoms. The number of carbonyl (C=O) groups excluding carboxylic acids is 1. The van der Waals surface area contributed by atoms with Crippen LogP contribution in [0, 0.1) is 5.92 Å². The quantitative estimate of drug-likeness (QED) is 0.624. The maximum absolute atomic E-state index is 11.1. The lowest BCUT2D eigenvalue weighted by Crippen LogP contribution is -2.14. The van der Waals surface area contributed by atoms with Gasteiger partial charge in [0, 0.05) is 12.8 Å². The maximum Gasteiger partial charge on any atom is 0.133 e. The molecule has 0 aromatic rings. The summed E-state index contributed by atoms with van der Waals surface area (Å²) in [4.78, 5) is 11.1. The third-order valence-electron chi connectivity index (χ3n) is 1.60. The molecule has 3 heteroatoms. The highest BCUT2D eigenvalue weighted by Gasteiger charge is 2.08. The molecular formula is C9H18O3. The zero-order valence-corrected chi connectivity index (χ0v) is 7.79. The van der Waals surface area contributed by atoms with Gasteiger partial charge in [0.2, 0.25) is 0 Å². The fourth-order valence-electron chi connectivity index (χ4n) is 0.976. The number of carbonyl (C=O) groups is 1. The lowest BCUT2D eigenvalue weighted by molar-refractivity contribution is -0.120. The summed E-state index contributed by atoms with van der Waals surface area (Å²) in [5.74, 6) is 0.543. The molecule has 0 aliphatic rings. The normalized spacial score (nSPS) is 13.4. The van der Waals surface area contributed by atoms with Gasteiger partial charge in [0.05, 0.1) is 12.7 Å². The summed E-state index contributed by atoms with van der Waals surface area (Å²) >= 11 is 0. The minimum absolute atomic E-state index is 0.164. The number of rotatable bonds is 6. The Balaban J connectivity index is 3.44. The largest absolute Gasteiger partial charge is 0.394 e. The van der Waals surface area contributed by atoms with E-state index in [1.54, 1.807) is 0 Å². The molecule has 0 aliphatic carbocycles. The third kappa shape index (κ3) is 6.31. The Labute approximate surface area is 73.4 Å². The van der Waals surface area contributed by atoms with Crippen molar-refractivity contribution in [3.8, 4) is 0 Å². The lowest BCUT2D eigenvalue weighted by atomic mass is 10.0. The van der Waals surface area contributed by atoms with Crippen molar-refractivity contribution in [2.45, 2.75) is 39.2 Å². The first-order chi connectivity index (χ1) is 5.56. The highest BCUT2D eigenvalue weighted by atomic mass is 16.3. The van der Waals surface area contributed by atoms with Gasteiger partial charge < -0.3 is 10.2 Å². The molecule has 0 aromatic carbocycles. The van der Waals surface area contributed by atoms with Gasteiger partial charge in [-0.1, -0.05) is 13.8 Å². The first-order valence-corrected chi connectivity index (χ1v) is 4.37. The van der Waals surface area contributed by atoms with Gasteiger partial charge in [-0.25, -0.2) is 0 Å². The minimum atomic E-state index is -0.735. The Kier molecular flexibility index (Phi) is 5.93. The van der Waals surface area contributed by atoms with E-state index in [9.17, 15) is 4.79 Å². The molecule has 0 amide bonds. The predicted molar refractivity (Wildman–Crippen MR) is 46.8 cm³/mol. The van der Waals surface area contributed by atoms with Crippen LogP contribution in [0.2, 0.25) is 0 Å². The van der Waals surface area contributed by atoms with Crippen molar-refractivity contribution in [2.75, 3.05) is 6.61 Å². The molecule has 0 rings (SSSR count). The van der Waals surface area contributed by atoms with Gasteiger partial charge in [-0.15, -0.1) is 0 Å². The summed E-state index contributed by atoms with van der Waals surface area (Å²) in [6.07, 6.45) is 0.584. The molecule has 72 valence electrons. The second-order valence-corrected chi connectivity index (χ2v) is 3.51. The van der Waals surface area contributed by atoms with Crippen molar-refractivity contribution >= 4 is 5.78 Å². The van der Waals surface area contributed by atoms with E-state index in [-0.39, 0.29) is 12.4 Å². The number of ketones is 1. The first kappa shape index (κ1) is 11.6. The van der Waals surface area contributed by atoms with E-state index in [0.29, 0.717) is 25.2 Å². The summed E-state index contributed by atoms with van der Waals surface area (Å²) in [5, 5.41) is 17.4. The highest BCUT2D eigenvalue weighted by Crippen LogP contribution is 2.05. The summed E-state index contributed by atoms with van der Waals surface area (Å²) in [6.45, 7) is 3.72. The number of Topliss-reactive ketones (excluding diaryl/α,β-unsaturated/α-hetero) is 1. The van der Waals surface area contributed by atoms with E-state index in [0.717, 1.165) is 0 Å². The van der Waals surface area contributed by atoms with Crippen LogP contribution in [0.25, 0.3) is 0 Å². The summed E-state index contributed by atoms with van der Waals surface area (Å²) in [7, 11) is 0. The molecule has 0 aromatic heterocycles. The average molecular weight is 174 g/mol. The SMILES string of the molecule is CC(C)CC(=O)CCC(O)CO. The van der Waals surface area contributed by atoms with Crippen LogP contribution in [-0.4, -0.2) is 28.7 Å². The minimum Gasteiger partial charge on any atom is -0.394 e. The number of aliphatic hydroxyl groups excluding tert-OH is 2. The molecule has 0 aliphatic heterocycles. The zero-order chi connectivity index (χ0) is 9.56. The van der Waals surface area contributed by atoms with E-state index in [4.69, 9.17) is 10.2 Å². The fourth-order valence-corrected chi connectivity index (χ4v) is 0.976. The second-order valence-electron chi connectivity index (χ2n) is 3.51. The Bertz CT molecular complexity index is 132. The van der Waals surface area contributed by atoms with E-state index >= 15 is 0 Å². The van der Waals surface area contributed by atoms with Gasteiger partial charge in [0.15, 0.2) is 0 Å². The lowest BCUT2D eigenvalue weighted by Gasteiger charge is -2.06. The van der Waals surface area contributed by atoms with Crippen molar-refractivity contribution in [3.63, 3.8) is 0 Å². The fraction of sp³-hybridized carbons (Fsp3) is 0.889. The number of hydrogen-bond donors (Lipinski definition) is 2. The van der Waals surface area contributed by atoms with Crippen LogP contribution in [0.3, 0.4) is 0 Å². The van der Waals surface area contributed by atoms with Crippen molar-refractivity contribution in [1.29, 1.82) is 0 Å². The van der Waals surface area contributed by atoms with Crippen molar-refractivity contribution in [2.24, 2.45) is 5.92 Å². The Hall–Kier alpha value is -0.410. The van der Waals surface area contributed by atoms with Gasteiger partial charge in [0.1, 0.15) is 5.78 Å². The molecule has 0 saturated heterocycles. The van der Waals surface area contributed by atoms with Crippen molar-refractivity contribution in [1.82, 2.24) is 0 Å². The van der Waals surface area contributed by atoms with Crippen LogP contribution in [0.4, 0.5) is 0 Å². The first-order valence-electron chi connectivity index (χ1n) is 4.37. The smallest absolute Gasteiger partial charge is 0.133 e. The van der Waals surface area contributed by atoms with Gasteiger partial charge in [-0.2, -0.15) is 0 Å². The van der Waals surface area contributed by atoms with E-state index in [1.807, 2.05) is 13.8 Å². The molecule has 0 bridgehead atoms. The van der Waals surface area contributed by atoms with E-state index in [2.05, 4.69) is 0 Å². The average Bonchev–Trinajstić information content (AvgIpc) is 1.99. The van der Waals surface area contributed by atoms with E-state index < -0.39 is 6.10 Å². The van der Waals surface area contributed by atoms with Gasteiger partial charge in [-0.05, 0) is 12.3 Å². The van der Waals surface area contributed by atoms with Crippen LogP contribution < -0.4 is 0 Å². The van der Waals surface area contributed by atoms with Crippen LogP contribution in [-0.2, 0) is 4.79 Å². The maximum atomic E-state index is 11.1. The predicted octanol–water partition coefficient (Wildman–Crippen LogP) is 0.735. The van der Waals surface area contributed by atoms with E-state index in [1.165, 1.54) is 0 Å². The summed E-state index contributed by atoms with van der Waals surface area (Å²) in [6, 6.07) is 0. The Morgan fingerprint density at radius 3 is 2.42 bits per heavy atom. The number of hydrogen-bond acceptors (Lipinski definition) is 3. The van der Waals surface area contributed by atoms with Crippen LogP contribution >= 0.6 is 0 Å². The second kappa shape index (κ2) is 6.14. The van der Waals surface area contributed by atoms with Crippen LogP contribution in [0.15, 0.2) is 0 Å². The van der Waals surface area contributed by atoms with Gasteiger partial charge in [0.25, 0.3) is 0 Å². The number of aliphatic hydroxyl groups is 2. The highest BCUT2D eigenvalue weighted by molar-refractivity contribution is 5.78. The molecular weight excluding hydrogens is 156 g/mol. The van der Waals surface area contributed by atoms with Crippen LogP contribution in [0.5, 0.6) is 0 Å². The molecule has 1 atom stereocenters. The summed E-state index contributed by atoms with van der Waals surface area (Å²) < 4.78 is 0. The summed E-state index contributed by atoms with van der Waals surface area (Å²) in [5.41, 5.74) is 0. The molecule has 1 unspecified atom stereocenters. The van der Waals surface area contributed by atoms with Crippen LogP contribution in [0.1, 0.15) is 33.1 Å². The van der Waals surface area contributed by atoms with Crippen molar-refractivity contribution in [3.05, 3.63) is 0 Å². The topological polar surface area (TPSA) is 57.5 Å². The molecule has 12 heavy (non-hydrogen) atoms.